The molecule has 94 valence electrons. The van der Waals surface area contributed by atoms with Crippen LogP contribution in [0.2, 0.25) is 0 Å². The molecule has 1 aliphatic carbocycles. The van der Waals surface area contributed by atoms with Gasteiger partial charge in [-0.05, 0) is 44.7 Å². The monoisotopic (exact) mass is 236 g/mol. The van der Waals surface area contributed by atoms with E-state index < -0.39 is 12.7 Å². The van der Waals surface area contributed by atoms with E-state index in [1.54, 1.807) is 4.90 Å². The molecule has 0 spiro atoms. The molecule has 1 saturated carbocycles. The van der Waals surface area contributed by atoms with Crippen LogP contribution in [-0.4, -0.2) is 43.3 Å². The summed E-state index contributed by atoms with van der Waals surface area (Å²) >= 11 is 0. The lowest BCUT2D eigenvalue weighted by Gasteiger charge is -2.30. The number of halogens is 3. The van der Waals surface area contributed by atoms with Crippen LogP contribution < -0.4 is 5.32 Å². The van der Waals surface area contributed by atoms with Gasteiger partial charge in [0, 0.05) is 12.6 Å². The maximum Gasteiger partial charge on any atom is 0.401 e. The van der Waals surface area contributed by atoms with Crippen LogP contribution in [0.15, 0.2) is 0 Å². The first-order valence-corrected chi connectivity index (χ1v) is 6.06. The second kappa shape index (κ2) is 4.92. The van der Waals surface area contributed by atoms with E-state index in [-0.39, 0.29) is 6.04 Å². The molecule has 2 aliphatic rings. The fourth-order valence-corrected chi connectivity index (χ4v) is 2.41. The molecule has 2 fully saturated rings. The summed E-state index contributed by atoms with van der Waals surface area (Å²) in [5, 5.41) is 3.24. The largest absolute Gasteiger partial charge is 0.401 e. The van der Waals surface area contributed by atoms with Crippen molar-refractivity contribution < 1.29 is 13.2 Å². The summed E-state index contributed by atoms with van der Waals surface area (Å²) in [7, 11) is 0. The van der Waals surface area contributed by atoms with Crippen LogP contribution >= 0.6 is 0 Å². The van der Waals surface area contributed by atoms with Crippen molar-refractivity contribution >= 4 is 0 Å². The van der Waals surface area contributed by atoms with Gasteiger partial charge >= 0.3 is 6.18 Å². The molecule has 1 N–H and O–H groups in total. The quantitative estimate of drug-likeness (QED) is 0.803. The topological polar surface area (TPSA) is 15.3 Å². The van der Waals surface area contributed by atoms with Crippen molar-refractivity contribution in [1.82, 2.24) is 10.2 Å². The van der Waals surface area contributed by atoms with E-state index in [2.05, 4.69) is 5.32 Å². The molecule has 0 atom stereocenters. The molecule has 0 aromatic carbocycles. The van der Waals surface area contributed by atoms with Gasteiger partial charge in [-0.15, -0.1) is 0 Å². The Labute approximate surface area is 94.2 Å². The van der Waals surface area contributed by atoms with E-state index in [4.69, 9.17) is 0 Å². The Morgan fingerprint density at radius 1 is 1.06 bits per heavy atom. The van der Waals surface area contributed by atoms with Crippen molar-refractivity contribution in [2.24, 2.45) is 5.92 Å². The number of nitrogens with zero attached hydrogens (tertiary/aromatic N) is 1. The number of rotatable bonds is 4. The van der Waals surface area contributed by atoms with Gasteiger partial charge < -0.3 is 5.32 Å². The molecule has 1 saturated heterocycles. The maximum absolute atomic E-state index is 12.4. The Balaban J connectivity index is 1.82. The molecule has 0 radical (unpaired) electrons. The maximum atomic E-state index is 12.4. The third-order valence-electron chi connectivity index (χ3n) is 3.40. The van der Waals surface area contributed by atoms with Crippen molar-refractivity contribution in [2.75, 3.05) is 26.2 Å². The van der Waals surface area contributed by atoms with E-state index >= 15 is 0 Å². The number of alkyl halides is 3. The van der Waals surface area contributed by atoms with E-state index in [0.29, 0.717) is 12.5 Å². The molecule has 16 heavy (non-hydrogen) atoms. The zero-order valence-electron chi connectivity index (χ0n) is 9.39. The van der Waals surface area contributed by atoms with Gasteiger partial charge in [0.25, 0.3) is 0 Å². The second-order valence-electron chi connectivity index (χ2n) is 4.97. The van der Waals surface area contributed by atoms with Gasteiger partial charge in [-0.3, -0.25) is 4.90 Å². The highest BCUT2D eigenvalue weighted by Gasteiger charge is 2.38. The van der Waals surface area contributed by atoms with Crippen LogP contribution in [0.5, 0.6) is 0 Å². The van der Waals surface area contributed by atoms with E-state index in [0.717, 1.165) is 38.8 Å². The highest BCUT2D eigenvalue weighted by Crippen LogP contribution is 2.31. The lowest BCUT2D eigenvalue weighted by molar-refractivity contribution is -0.148. The van der Waals surface area contributed by atoms with Gasteiger partial charge in [-0.25, -0.2) is 0 Å². The second-order valence-corrected chi connectivity index (χ2v) is 4.97. The predicted molar refractivity (Wildman–Crippen MR) is 56.2 cm³/mol. The molecule has 1 heterocycles. The molecule has 0 unspecified atom stereocenters. The minimum absolute atomic E-state index is 0.205. The van der Waals surface area contributed by atoms with Gasteiger partial charge in [-0.2, -0.15) is 13.2 Å². The first-order chi connectivity index (χ1) is 7.54. The first kappa shape index (κ1) is 12.2. The minimum Gasteiger partial charge on any atom is -0.317 e. The number of piperidine rings is 1. The van der Waals surface area contributed by atoms with Crippen LogP contribution in [0.3, 0.4) is 0 Å². The van der Waals surface area contributed by atoms with Gasteiger partial charge in [0.1, 0.15) is 0 Å². The van der Waals surface area contributed by atoms with Gasteiger partial charge in [0.15, 0.2) is 0 Å². The summed E-state index contributed by atoms with van der Waals surface area (Å²) in [6.07, 6.45) is -0.125. The van der Waals surface area contributed by atoms with Crippen molar-refractivity contribution in [3.63, 3.8) is 0 Å². The van der Waals surface area contributed by atoms with Crippen LogP contribution in [0.1, 0.15) is 25.7 Å². The summed E-state index contributed by atoms with van der Waals surface area (Å²) in [5.74, 6) is 0.448. The fraction of sp³-hybridized carbons (Fsp3) is 1.00. The molecule has 1 aliphatic heterocycles. The molecule has 0 bridgehead atoms. The van der Waals surface area contributed by atoms with Crippen molar-refractivity contribution in [1.29, 1.82) is 0 Å². The summed E-state index contributed by atoms with van der Waals surface area (Å²) in [6.45, 7) is 1.82. The van der Waals surface area contributed by atoms with Crippen LogP contribution in [0, 0.1) is 5.92 Å². The normalized spacial score (nSPS) is 24.0. The Bertz CT molecular complexity index is 220. The third kappa shape index (κ3) is 3.94. The highest BCUT2D eigenvalue weighted by atomic mass is 19.4. The summed E-state index contributed by atoms with van der Waals surface area (Å²) in [5.41, 5.74) is 0. The number of hydrogen-bond acceptors (Lipinski definition) is 2. The third-order valence-corrected chi connectivity index (χ3v) is 3.40. The Kier molecular flexibility index (Phi) is 3.74. The molecule has 2 rings (SSSR count). The average Bonchev–Trinajstić information content (AvgIpc) is 2.99. The predicted octanol–water partition coefficient (Wildman–Crippen LogP) is 2.01. The van der Waals surface area contributed by atoms with Crippen LogP contribution in [0.25, 0.3) is 0 Å². The van der Waals surface area contributed by atoms with Gasteiger partial charge in [0.05, 0.1) is 6.54 Å². The number of hydrogen-bond donors (Lipinski definition) is 1. The summed E-state index contributed by atoms with van der Waals surface area (Å²) in [6, 6.07) is 0.205. The van der Waals surface area contributed by atoms with E-state index in [1.165, 1.54) is 0 Å². The van der Waals surface area contributed by atoms with Crippen molar-refractivity contribution in [3.05, 3.63) is 0 Å². The number of nitrogens with one attached hydrogen (secondary N) is 1. The van der Waals surface area contributed by atoms with Gasteiger partial charge in [-0.1, -0.05) is 0 Å². The minimum atomic E-state index is -4.05. The Morgan fingerprint density at radius 3 is 2.19 bits per heavy atom. The van der Waals surface area contributed by atoms with E-state index in [9.17, 15) is 13.2 Å². The lowest BCUT2D eigenvalue weighted by Crippen LogP contribution is -2.41. The van der Waals surface area contributed by atoms with Crippen LogP contribution in [-0.2, 0) is 0 Å². The molecular formula is C11H19F3N2. The first-order valence-electron chi connectivity index (χ1n) is 6.06. The Hall–Kier alpha value is -0.290. The summed E-state index contributed by atoms with van der Waals surface area (Å²) in [4.78, 5) is 1.65. The standard InChI is InChI=1S/C11H19F3N2/c12-11(13,14)8-16(10-1-2-10)7-9-3-5-15-6-4-9/h9-10,15H,1-8H2. The zero-order chi connectivity index (χ0) is 11.6. The Morgan fingerprint density at radius 2 is 1.69 bits per heavy atom. The zero-order valence-corrected chi connectivity index (χ0v) is 9.39. The molecule has 2 nitrogen and oxygen atoms in total. The molecule has 5 heteroatoms. The molecule has 0 aromatic heterocycles. The summed E-state index contributed by atoms with van der Waals surface area (Å²) < 4.78 is 37.2. The van der Waals surface area contributed by atoms with Gasteiger partial charge in [0.2, 0.25) is 0 Å². The SMILES string of the molecule is FC(F)(F)CN(CC1CCNCC1)C1CC1. The highest BCUT2D eigenvalue weighted by molar-refractivity contribution is 4.87. The lowest BCUT2D eigenvalue weighted by atomic mass is 9.97. The molecular weight excluding hydrogens is 217 g/mol. The van der Waals surface area contributed by atoms with Crippen molar-refractivity contribution in [3.8, 4) is 0 Å². The smallest absolute Gasteiger partial charge is 0.317 e. The molecule has 0 aromatic rings. The fourth-order valence-electron chi connectivity index (χ4n) is 2.41. The average molecular weight is 236 g/mol. The van der Waals surface area contributed by atoms with E-state index in [1.807, 2.05) is 0 Å². The van der Waals surface area contributed by atoms with Crippen LogP contribution in [0.4, 0.5) is 13.2 Å². The van der Waals surface area contributed by atoms with Crippen molar-refractivity contribution in [2.45, 2.75) is 37.9 Å². The molecule has 0 amide bonds.